The van der Waals surface area contributed by atoms with E-state index in [1.165, 1.54) is 22.4 Å². The van der Waals surface area contributed by atoms with Gasteiger partial charge in [0.2, 0.25) is 10.0 Å². The molecule has 0 spiro atoms. The molecule has 1 aliphatic heterocycles. The minimum absolute atomic E-state index is 0.102. The fraction of sp³-hybridized carbons (Fsp3) is 0.591. The van der Waals surface area contributed by atoms with E-state index in [-0.39, 0.29) is 6.04 Å². The topological polar surface area (TPSA) is 70.5 Å². The largest absolute Gasteiger partial charge is 0.369 e. The van der Waals surface area contributed by atoms with Crippen LogP contribution in [0.3, 0.4) is 0 Å². The highest BCUT2D eigenvalue weighted by Gasteiger charge is 2.31. The van der Waals surface area contributed by atoms with Crippen molar-refractivity contribution in [1.29, 1.82) is 0 Å². The molecule has 0 amide bonds. The maximum absolute atomic E-state index is 13.2. The van der Waals surface area contributed by atoms with Crippen LogP contribution in [0.2, 0.25) is 0 Å². The molecule has 1 aliphatic carbocycles. The number of aryl methyl sites for hydroxylation is 3. The Balaban J connectivity index is 1.61. The lowest BCUT2D eigenvalue weighted by Gasteiger charge is -2.37. The lowest BCUT2D eigenvalue weighted by atomic mass is 9.84. The highest BCUT2D eigenvalue weighted by molar-refractivity contribution is 7.89. The Kier molecular flexibility index (Phi) is 5.67. The monoisotopic (exact) mass is 431 g/mol. The van der Waals surface area contributed by atoms with Crippen LogP contribution < -0.4 is 9.62 Å². The van der Waals surface area contributed by atoms with Crippen molar-refractivity contribution in [3.63, 3.8) is 0 Å². The van der Waals surface area contributed by atoms with Gasteiger partial charge in [0, 0.05) is 45.0 Å². The molecular formula is C22H33N5O2S. The molecule has 1 saturated heterocycles. The smallest absolute Gasteiger partial charge is 0.244 e. The number of aromatic nitrogens is 2. The molecule has 1 aromatic heterocycles. The molecule has 2 aromatic rings. The maximum Gasteiger partial charge on any atom is 0.244 e. The maximum atomic E-state index is 13.2. The average Bonchev–Trinajstić information content (AvgIpc) is 2.95. The lowest BCUT2D eigenvalue weighted by molar-refractivity contribution is 0.312. The summed E-state index contributed by atoms with van der Waals surface area (Å²) >= 11 is 0. The van der Waals surface area contributed by atoms with E-state index in [1.807, 2.05) is 0 Å². The molecule has 0 radical (unpaired) electrons. The number of fused-ring (bicyclic) bond motifs is 1. The van der Waals surface area contributed by atoms with Crippen LogP contribution in [0.25, 0.3) is 0 Å². The Morgan fingerprint density at radius 3 is 2.37 bits per heavy atom. The van der Waals surface area contributed by atoms with Crippen molar-refractivity contribution in [3.8, 4) is 0 Å². The van der Waals surface area contributed by atoms with E-state index in [0.717, 1.165) is 45.4 Å². The lowest BCUT2D eigenvalue weighted by Crippen LogP contribution is -2.45. The predicted octanol–water partition coefficient (Wildman–Crippen LogP) is 1.93. The number of benzene rings is 1. The summed E-state index contributed by atoms with van der Waals surface area (Å²) in [7, 11) is 0.331. The van der Waals surface area contributed by atoms with Crippen molar-refractivity contribution in [2.45, 2.75) is 51.0 Å². The first kappa shape index (κ1) is 21.3. The minimum atomic E-state index is -3.61. The fourth-order valence-electron chi connectivity index (χ4n) is 4.91. The summed E-state index contributed by atoms with van der Waals surface area (Å²) in [4.78, 5) is 5.14. The van der Waals surface area contributed by atoms with E-state index >= 15 is 0 Å². The first-order valence-electron chi connectivity index (χ1n) is 10.7. The molecule has 30 heavy (non-hydrogen) atoms. The Hall–Kier alpha value is -1.90. The third kappa shape index (κ3) is 3.88. The summed E-state index contributed by atoms with van der Waals surface area (Å²) in [5, 5.41) is 4.29. The third-order valence-electron chi connectivity index (χ3n) is 6.71. The number of likely N-dealkylation sites (N-methyl/N-ethyl adjacent to an activating group) is 1. The summed E-state index contributed by atoms with van der Waals surface area (Å²) in [5.74, 6) is 0. The molecule has 8 heteroatoms. The number of piperazine rings is 1. The van der Waals surface area contributed by atoms with Gasteiger partial charge in [-0.3, -0.25) is 4.68 Å². The second-order valence-electron chi connectivity index (χ2n) is 8.83. The van der Waals surface area contributed by atoms with Gasteiger partial charge in [0.05, 0.1) is 11.4 Å². The molecular weight excluding hydrogens is 398 g/mol. The van der Waals surface area contributed by atoms with Crippen molar-refractivity contribution in [1.82, 2.24) is 19.4 Å². The fourth-order valence-corrected chi connectivity index (χ4v) is 6.61. The number of hydrogen-bond acceptors (Lipinski definition) is 5. The van der Waals surface area contributed by atoms with Gasteiger partial charge in [-0.1, -0.05) is 6.07 Å². The van der Waals surface area contributed by atoms with Crippen LogP contribution in [-0.4, -0.2) is 62.4 Å². The second-order valence-corrected chi connectivity index (χ2v) is 10.5. The molecule has 164 valence electrons. The summed E-state index contributed by atoms with van der Waals surface area (Å²) in [6.45, 7) is 9.86. The van der Waals surface area contributed by atoms with Crippen LogP contribution in [0.15, 0.2) is 17.0 Å². The van der Waals surface area contributed by atoms with E-state index in [9.17, 15) is 8.42 Å². The van der Waals surface area contributed by atoms with E-state index in [4.69, 9.17) is 0 Å². The number of hydrogen-bond donors (Lipinski definition) is 1. The van der Waals surface area contributed by atoms with Crippen molar-refractivity contribution in [2.24, 2.45) is 7.05 Å². The molecule has 1 atom stereocenters. The zero-order chi connectivity index (χ0) is 21.6. The first-order chi connectivity index (χ1) is 14.2. The third-order valence-corrected chi connectivity index (χ3v) is 8.48. The van der Waals surface area contributed by atoms with Crippen LogP contribution >= 0.6 is 0 Å². The Labute approximate surface area is 180 Å². The van der Waals surface area contributed by atoms with Gasteiger partial charge in [-0.25, -0.2) is 13.1 Å². The zero-order valence-electron chi connectivity index (χ0n) is 18.7. The van der Waals surface area contributed by atoms with E-state index < -0.39 is 10.0 Å². The van der Waals surface area contributed by atoms with Gasteiger partial charge in [0.1, 0.15) is 4.90 Å². The SMILES string of the molecule is Cc1ccc(N2CCN(C)CC2)c2c1CC[C@@H](NS(=O)(=O)c1c(C)nn(C)c1C)C2. The van der Waals surface area contributed by atoms with E-state index in [0.29, 0.717) is 16.3 Å². The van der Waals surface area contributed by atoms with Crippen molar-refractivity contribution < 1.29 is 8.42 Å². The molecule has 4 rings (SSSR count). The van der Waals surface area contributed by atoms with Crippen molar-refractivity contribution in [2.75, 3.05) is 38.1 Å². The molecule has 0 saturated carbocycles. The average molecular weight is 432 g/mol. The minimum Gasteiger partial charge on any atom is -0.369 e. The zero-order valence-corrected chi connectivity index (χ0v) is 19.5. The normalized spacial score (nSPS) is 20.4. The Bertz CT molecular complexity index is 1050. The molecule has 1 aromatic carbocycles. The quantitative estimate of drug-likeness (QED) is 0.801. The molecule has 2 aliphatic rings. The van der Waals surface area contributed by atoms with Gasteiger partial charge in [0.15, 0.2) is 0 Å². The van der Waals surface area contributed by atoms with Crippen LogP contribution in [0.5, 0.6) is 0 Å². The van der Waals surface area contributed by atoms with Gasteiger partial charge in [0.25, 0.3) is 0 Å². The van der Waals surface area contributed by atoms with E-state index in [2.05, 4.69) is 45.7 Å². The summed E-state index contributed by atoms with van der Waals surface area (Å²) in [6, 6.07) is 4.35. The van der Waals surface area contributed by atoms with Gasteiger partial charge >= 0.3 is 0 Å². The van der Waals surface area contributed by atoms with Gasteiger partial charge in [-0.05, 0) is 69.8 Å². The van der Waals surface area contributed by atoms with Crippen LogP contribution in [0.4, 0.5) is 5.69 Å². The molecule has 7 nitrogen and oxygen atoms in total. The number of rotatable bonds is 4. The highest BCUT2D eigenvalue weighted by Crippen LogP contribution is 2.34. The standard InChI is InChI=1S/C22H33N5O2S/c1-15-6-9-21(27-12-10-25(4)11-13-27)20-14-18(7-8-19(15)20)24-30(28,29)22-16(2)23-26(5)17(22)3/h6,9,18,24H,7-8,10-14H2,1-5H3/t18-/m1/s1. The molecule has 1 fully saturated rings. The summed E-state index contributed by atoms with van der Waals surface area (Å²) in [5.41, 5.74) is 6.52. The second kappa shape index (κ2) is 7.98. The van der Waals surface area contributed by atoms with E-state index in [1.54, 1.807) is 25.6 Å². The van der Waals surface area contributed by atoms with Crippen molar-refractivity contribution >= 4 is 15.7 Å². The Morgan fingerprint density at radius 1 is 1.03 bits per heavy atom. The molecule has 2 heterocycles. The highest BCUT2D eigenvalue weighted by atomic mass is 32.2. The van der Waals surface area contributed by atoms with Gasteiger partial charge in [-0.2, -0.15) is 5.10 Å². The number of nitrogens with one attached hydrogen (secondary N) is 1. The predicted molar refractivity (Wildman–Crippen MR) is 120 cm³/mol. The van der Waals surface area contributed by atoms with Crippen molar-refractivity contribution in [3.05, 3.63) is 40.2 Å². The van der Waals surface area contributed by atoms with Crippen LogP contribution in [-0.2, 0) is 29.9 Å². The number of anilines is 1. The molecule has 1 N–H and O–H groups in total. The molecule has 0 unspecified atom stereocenters. The van der Waals surface area contributed by atoms with Crippen LogP contribution in [0.1, 0.15) is 34.5 Å². The number of nitrogens with zero attached hydrogens (tertiary/aromatic N) is 4. The molecule has 0 bridgehead atoms. The summed E-state index contributed by atoms with van der Waals surface area (Å²) in [6.07, 6.45) is 2.45. The summed E-state index contributed by atoms with van der Waals surface area (Å²) < 4.78 is 31.0. The van der Waals surface area contributed by atoms with Gasteiger partial charge in [-0.15, -0.1) is 0 Å². The van der Waals surface area contributed by atoms with Crippen LogP contribution in [0, 0.1) is 20.8 Å². The number of sulfonamides is 1. The van der Waals surface area contributed by atoms with Gasteiger partial charge < -0.3 is 9.80 Å². The first-order valence-corrected chi connectivity index (χ1v) is 12.2. The Morgan fingerprint density at radius 2 is 1.73 bits per heavy atom.